The molecular weight excluding hydrogens is 420 g/mol. The van der Waals surface area contributed by atoms with Gasteiger partial charge in [-0.05, 0) is 105 Å². The number of hydrogen-bond donors (Lipinski definition) is 1. The molecule has 4 aliphatic rings. The molecule has 0 amide bonds. The predicted octanol–water partition coefficient (Wildman–Crippen LogP) is 7.43. The van der Waals surface area contributed by atoms with Crippen molar-refractivity contribution in [2.45, 2.75) is 116 Å². The molecule has 0 aromatic heterocycles. The van der Waals surface area contributed by atoms with Gasteiger partial charge in [0.25, 0.3) is 0 Å². The van der Waals surface area contributed by atoms with Gasteiger partial charge < -0.3 is 9.84 Å². The Morgan fingerprint density at radius 3 is 2.56 bits per heavy atom. The van der Waals surface area contributed by atoms with Crippen LogP contribution in [0.25, 0.3) is 0 Å². The fourth-order valence-corrected chi connectivity index (χ4v) is 8.65. The molecular formula is C31H50O3. The summed E-state index contributed by atoms with van der Waals surface area (Å²) in [5.41, 5.74) is 1.21. The van der Waals surface area contributed by atoms with Crippen LogP contribution in [0.1, 0.15) is 111 Å². The molecule has 0 aromatic rings. The van der Waals surface area contributed by atoms with Crippen LogP contribution in [-0.4, -0.2) is 29.7 Å². The lowest BCUT2D eigenvalue weighted by atomic mass is 9.44. The molecule has 34 heavy (non-hydrogen) atoms. The van der Waals surface area contributed by atoms with Gasteiger partial charge in [0.1, 0.15) is 0 Å². The Balaban J connectivity index is 1.39. The van der Waals surface area contributed by atoms with Gasteiger partial charge in [-0.15, -0.1) is 6.58 Å². The highest BCUT2D eigenvalue weighted by Crippen LogP contribution is 2.69. The second kappa shape index (κ2) is 10.6. The molecule has 0 spiro atoms. The highest BCUT2D eigenvalue weighted by Gasteiger charge is 2.64. The molecule has 7 atom stereocenters. The van der Waals surface area contributed by atoms with Crippen molar-refractivity contribution in [2.24, 2.45) is 34.5 Å². The molecule has 0 saturated heterocycles. The second-order valence-corrected chi connectivity index (χ2v) is 12.8. The van der Waals surface area contributed by atoms with Crippen molar-refractivity contribution in [1.29, 1.82) is 0 Å². The molecule has 3 nitrogen and oxygen atoms in total. The van der Waals surface area contributed by atoms with Gasteiger partial charge in [-0.25, -0.2) is 0 Å². The first kappa shape index (κ1) is 26.1. The summed E-state index contributed by atoms with van der Waals surface area (Å²) in [6.07, 6.45) is 19.9. The quantitative estimate of drug-likeness (QED) is 0.252. The fraction of sp³-hybridized carbons (Fsp3) is 0.839. The number of fused-ring (bicyclic) bond motifs is 5. The van der Waals surface area contributed by atoms with Gasteiger partial charge in [-0.1, -0.05) is 51.2 Å². The summed E-state index contributed by atoms with van der Waals surface area (Å²) < 4.78 is 5.64. The minimum Gasteiger partial charge on any atom is -0.390 e. The second-order valence-electron chi connectivity index (χ2n) is 12.8. The smallest absolute Gasteiger partial charge is 0.155 e. The van der Waals surface area contributed by atoms with E-state index < -0.39 is 5.60 Å². The minimum absolute atomic E-state index is 0.0556. The molecule has 0 heterocycles. The molecule has 0 aliphatic heterocycles. The maximum atomic E-state index is 12.4. The Morgan fingerprint density at radius 2 is 1.76 bits per heavy atom. The van der Waals surface area contributed by atoms with Crippen molar-refractivity contribution < 1.29 is 14.6 Å². The first-order chi connectivity index (χ1) is 16.2. The largest absolute Gasteiger partial charge is 0.390 e. The third-order valence-corrected chi connectivity index (χ3v) is 11.0. The number of hydrogen-bond acceptors (Lipinski definition) is 3. The topological polar surface area (TPSA) is 46.5 Å². The van der Waals surface area contributed by atoms with Crippen molar-refractivity contribution in [2.75, 3.05) is 13.2 Å². The van der Waals surface area contributed by atoms with Gasteiger partial charge in [-0.3, -0.25) is 4.79 Å². The standard InChI is InChI=1S/C31H50O3/c1-5-6-19-34-20-11-9-7-8-10-12-23-21-24-22-25(32)13-16-29(24,2)26-14-17-30(3)27(28(23)26)15-18-31(30,4)33/h5,22-23,26-28,33H,1,6-21H2,2-4H3/t23?,26-,27+,28-,29+,30+,31?/m1/s1. The predicted molar refractivity (Wildman–Crippen MR) is 140 cm³/mol. The van der Waals surface area contributed by atoms with Crippen molar-refractivity contribution >= 4 is 5.78 Å². The first-order valence-corrected chi connectivity index (χ1v) is 14.4. The molecule has 0 radical (unpaired) electrons. The average Bonchev–Trinajstić information content (AvgIpc) is 3.05. The van der Waals surface area contributed by atoms with Gasteiger partial charge >= 0.3 is 0 Å². The third-order valence-electron chi connectivity index (χ3n) is 11.0. The maximum Gasteiger partial charge on any atom is 0.155 e. The molecule has 3 fully saturated rings. The zero-order valence-corrected chi connectivity index (χ0v) is 22.2. The molecule has 2 unspecified atom stereocenters. The van der Waals surface area contributed by atoms with E-state index in [-0.39, 0.29) is 10.8 Å². The highest BCUT2D eigenvalue weighted by atomic mass is 16.5. The summed E-state index contributed by atoms with van der Waals surface area (Å²) >= 11 is 0. The monoisotopic (exact) mass is 470 g/mol. The van der Waals surface area contributed by atoms with E-state index in [2.05, 4.69) is 33.4 Å². The molecule has 4 aliphatic carbocycles. The molecule has 4 rings (SSSR count). The van der Waals surface area contributed by atoms with Crippen LogP contribution in [0.4, 0.5) is 0 Å². The molecule has 192 valence electrons. The van der Waals surface area contributed by atoms with E-state index >= 15 is 0 Å². The van der Waals surface area contributed by atoms with Crippen LogP contribution in [0.5, 0.6) is 0 Å². The molecule has 3 heteroatoms. The van der Waals surface area contributed by atoms with Crippen LogP contribution < -0.4 is 0 Å². The van der Waals surface area contributed by atoms with Crippen LogP contribution in [0.15, 0.2) is 24.3 Å². The van der Waals surface area contributed by atoms with Crippen LogP contribution in [0, 0.1) is 34.5 Å². The summed E-state index contributed by atoms with van der Waals surface area (Å²) in [5, 5.41) is 11.4. The fourth-order valence-electron chi connectivity index (χ4n) is 8.65. The Morgan fingerprint density at radius 1 is 1.03 bits per heavy atom. The summed E-state index contributed by atoms with van der Waals surface area (Å²) in [4.78, 5) is 12.4. The number of ether oxygens (including phenoxy) is 1. The van der Waals surface area contributed by atoms with Crippen LogP contribution >= 0.6 is 0 Å². The van der Waals surface area contributed by atoms with Gasteiger partial charge in [0.2, 0.25) is 0 Å². The lowest BCUT2D eigenvalue weighted by Gasteiger charge is -2.61. The van der Waals surface area contributed by atoms with E-state index in [4.69, 9.17) is 4.74 Å². The minimum atomic E-state index is -0.527. The normalized spacial score (nSPS) is 41.4. The number of carbonyl (C=O) groups excluding carboxylic acids is 1. The Bertz CT molecular complexity index is 767. The molecule has 1 N–H and O–H groups in total. The maximum absolute atomic E-state index is 12.4. The van der Waals surface area contributed by atoms with E-state index in [1.807, 2.05) is 6.08 Å². The Hall–Kier alpha value is -0.930. The van der Waals surface area contributed by atoms with Crippen molar-refractivity contribution in [1.82, 2.24) is 0 Å². The molecule has 0 bridgehead atoms. The lowest BCUT2D eigenvalue weighted by Crippen LogP contribution is -2.56. The summed E-state index contributed by atoms with van der Waals surface area (Å²) in [6, 6.07) is 0. The van der Waals surface area contributed by atoms with E-state index in [0.29, 0.717) is 29.5 Å². The summed E-state index contributed by atoms with van der Waals surface area (Å²) in [5.74, 6) is 3.06. The number of allylic oxidation sites excluding steroid dienone is 1. The van der Waals surface area contributed by atoms with E-state index in [9.17, 15) is 9.90 Å². The number of ketones is 1. The Labute approximate surface area is 208 Å². The first-order valence-electron chi connectivity index (χ1n) is 14.4. The lowest BCUT2D eigenvalue weighted by molar-refractivity contribution is -0.135. The van der Waals surface area contributed by atoms with Gasteiger partial charge in [0.15, 0.2) is 5.78 Å². The number of aliphatic hydroxyl groups is 1. The summed E-state index contributed by atoms with van der Waals surface area (Å²) in [7, 11) is 0. The highest BCUT2D eigenvalue weighted by molar-refractivity contribution is 5.91. The van der Waals surface area contributed by atoms with Crippen molar-refractivity contribution in [3.8, 4) is 0 Å². The number of unbranched alkanes of at least 4 members (excludes halogenated alkanes) is 4. The summed E-state index contributed by atoms with van der Waals surface area (Å²) in [6.45, 7) is 12.4. The van der Waals surface area contributed by atoms with Gasteiger partial charge in [-0.2, -0.15) is 0 Å². The van der Waals surface area contributed by atoms with E-state index in [1.54, 1.807) is 0 Å². The van der Waals surface area contributed by atoms with Crippen molar-refractivity contribution in [3.63, 3.8) is 0 Å². The van der Waals surface area contributed by atoms with E-state index in [0.717, 1.165) is 58.2 Å². The SMILES string of the molecule is C=CCCOCCCCCCCC1CC2=CC(=O)CC[C@]2(C)[C@@H]2CC[C@@]3(C)[C@@H](CCC3(C)O)[C@H]12. The van der Waals surface area contributed by atoms with Crippen molar-refractivity contribution in [3.05, 3.63) is 24.3 Å². The van der Waals surface area contributed by atoms with Crippen LogP contribution in [-0.2, 0) is 9.53 Å². The average molecular weight is 471 g/mol. The number of carbonyl (C=O) groups is 1. The molecule has 0 aromatic carbocycles. The van der Waals surface area contributed by atoms with E-state index in [1.165, 1.54) is 50.5 Å². The number of rotatable bonds is 11. The van der Waals surface area contributed by atoms with Crippen LogP contribution in [0.2, 0.25) is 0 Å². The zero-order chi connectivity index (χ0) is 24.4. The third kappa shape index (κ3) is 4.85. The molecule has 3 saturated carbocycles. The van der Waals surface area contributed by atoms with Gasteiger partial charge in [0, 0.05) is 19.6 Å². The Kier molecular flexibility index (Phi) is 8.14. The van der Waals surface area contributed by atoms with Crippen LogP contribution in [0.3, 0.4) is 0 Å². The zero-order valence-electron chi connectivity index (χ0n) is 22.2. The van der Waals surface area contributed by atoms with Gasteiger partial charge in [0.05, 0.1) is 5.60 Å².